The van der Waals surface area contributed by atoms with Crippen molar-refractivity contribution in [3.05, 3.63) is 0 Å². The lowest BCUT2D eigenvalue weighted by Gasteiger charge is -2.42. The number of piperidine rings is 1. The minimum Gasteiger partial charge on any atom is -0.327 e. The van der Waals surface area contributed by atoms with Crippen molar-refractivity contribution >= 4 is 0 Å². The summed E-state index contributed by atoms with van der Waals surface area (Å²) in [6, 6.07) is 1.68. The van der Waals surface area contributed by atoms with E-state index in [2.05, 4.69) is 25.7 Å². The molecule has 0 bridgehead atoms. The number of unbranched alkanes of at least 4 members (excludes halogenated alkanes) is 3. The van der Waals surface area contributed by atoms with Gasteiger partial charge in [-0.1, -0.05) is 39.0 Å². The first-order valence-electron chi connectivity index (χ1n) is 7.68. The molecule has 0 aromatic heterocycles. The summed E-state index contributed by atoms with van der Waals surface area (Å²) in [6.07, 6.45) is 10.9. The fraction of sp³-hybridized carbons (Fsp3) is 1.00. The van der Waals surface area contributed by atoms with Gasteiger partial charge in [-0.15, -0.1) is 0 Å². The molecule has 0 saturated carbocycles. The summed E-state index contributed by atoms with van der Waals surface area (Å²) in [5.74, 6) is 0. The minimum absolute atomic E-state index is 0.327. The average Bonchev–Trinajstić information content (AvgIpc) is 2.34. The Hall–Kier alpha value is -0.0800. The monoisotopic (exact) mass is 240 g/mol. The largest absolute Gasteiger partial charge is 0.327 e. The molecule has 2 nitrogen and oxygen atoms in total. The van der Waals surface area contributed by atoms with Crippen LogP contribution in [0.2, 0.25) is 0 Å². The van der Waals surface area contributed by atoms with Crippen molar-refractivity contribution in [1.29, 1.82) is 0 Å². The van der Waals surface area contributed by atoms with Gasteiger partial charge in [-0.3, -0.25) is 4.90 Å². The van der Waals surface area contributed by atoms with E-state index in [4.69, 9.17) is 5.73 Å². The van der Waals surface area contributed by atoms with Crippen LogP contribution in [-0.4, -0.2) is 29.6 Å². The lowest BCUT2D eigenvalue weighted by Crippen LogP contribution is -2.52. The van der Waals surface area contributed by atoms with Gasteiger partial charge in [0.1, 0.15) is 0 Å². The molecular weight excluding hydrogens is 208 g/mol. The number of nitrogens with zero attached hydrogens (tertiary/aromatic N) is 1. The van der Waals surface area contributed by atoms with E-state index in [1.54, 1.807) is 0 Å². The molecule has 2 N–H and O–H groups in total. The van der Waals surface area contributed by atoms with Crippen molar-refractivity contribution in [3.8, 4) is 0 Å². The highest BCUT2D eigenvalue weighted by Gasteiger charge is 2.28. The SMILES string of the molecule is CCCCCCC(C)N1CCCCC1C(C)N. The Bertz CT molecular complexity index is 191. The summed E-state index contributed by atoms with van der Waals surface area (Å²) >= 11 is 0. The van der Waals surface area contributed by atoms with Crippen LogP contribution in [-0.2, 0) is 0 Å². The predicted molar refractivity (Wildman–Crippen MR) is 76.2 cm³/mol. The molecule has 102 valence electrons. The van der Waals surface area contributed by atoms with Crippen LogP contribution >= 0.6 is 0 Å². The molecule has 3 unspecified atom stereocenters. The van der Waals surface area contributed by atoms with Crippen LogP contribution in [0.1, 0.15) is 72.1 Å². The highest BCUT2D eigenvalue weighted by atomic mass is 15.2. The molecule has 1 aliphatic heterocycles. The van der Waals surface area contributed by atoms with E-state index in [1.165, 1.54) is 57.9 Å². The Morgan fingerprint density at radius 2 is 1.94 bits per heavy atom. The van der Waals surface area contributed by atoms with E-state index in [9.17, 15) is 0 Å². The zero-order valence-electron chi connectivity index (χ0n) is 12.1. The predicted octanol–water partition coefficient (Wildman–Crippen LogP) is 3.55. The topological polar surface area (TPSA) is 29.3 Å². The van der Waals surface area contributed by atoms with Crippen LogP contribution in [0.5, 0.6) is 0 Å². The number of likely N-dealkylation sites (tertiary alicyclic amines) is 1. The first kappa shape index (κ1) is 15.0. The Morgan fingerprint density at radius 1 is 1.18 bits per heavy atom. The van der Waals surface area contributed by atoms with Crippen LogP contribution in [0.4, 0.5) is 0 Å². The van der Waals surface area contributed by atoms with Gasteiger partial charge in [0.15, 0.2) is 0 Å². The van der Waals surface area contributed by atoms with Crippen molar-refractivity contribution in [2.45, 2.75) is 90.3 Å². The molecule has 1 rings (SSSR count). The van der Waals surface area contributed by atoms with Gasteiger partial charge < -0.3 is 5.73 Å². The molecule has 1 heterocycles. The summed E-state index contributed by atoms with van der Waals surface area (Å²) in [5.41, 5.74) is 6.13. The molecule has 0 aliphatic carbocycles. The molecule has 0 aromatic carbocycles. The van der Waals surface area contributed by atoms with Crippen LogP contribution < -0.4 is 5.73 Å². The molecule has 1 fully saturated rings. The van der Waals surface area contributed by atoms with Gasteiger partial charge >= 0.3 is 0 Å². The molecule has 0 radical (unpaired) electrons. The summed E-state index contributed by atoms with van der Waals surface area (Å²) < 4.78 is 0. The number of nitrogens with two attached hydrogens (primary N) is 1. The minimum atomic E-state index is 0.327. The standard InChI is InChI=1S/C15H32N2/c1-4-5-6-7-10-13(2)17-12-9-8-11-15(17)14(3)16/h13-15H,4-12,16H2,1-3H3. The Morgan fingerprint density at radius 3 is 2.59 bits per heavy atom. The second-order valence-electron chi connectivity index (χ2n) is 5.86. The van der Waals surface area contributed by atoms with Gasteiger partial charge in [-0.25, -0.2) is 0 Å². The fourth-order valence-electron chi connectivity index (χ4n) is 3.12. The molecule has 0 spiro atoms. The van der Waals surface area contributed by atoms with E-state index in [-0.39, 0.29) is 0 Å². The molecule has 0 aromatic rings. The smallest absolute Gasteiger partial charge is 0.0247 e. The quantitative estimate of drug-likeness (QED) is 0.690. The van der Waals surface area contributed by atoms with Crippen molar-refractivity contribution in [2.75, 3.05) is 6.54 Å². The van der Waals surface area contributed by atoms with Crippen molar-refractivity contribution < 1.29 is 0 Å². The number of rotatable bonds is 7. The third-order valence-electron chi connectivity index (χ3n) is 4.24. The third kappa shape index (κ3) is 4.97. The highest BCUT2D eigenvalue weighted by molar-refractivity contribution is 4.86. The van der Waals surface area contributed by atoms with E-state index >= 15 is 0 Å². The van der Waals surface area contributed by atoms with Gasteiger partial charge in [-0.2, -0.15) is 0 Å². The zero-order valence-corrected chi connectivity index (χ0v) is 12.1. The highest BCUT2D eigenvalue weighted by Crippen LogP contribution is 2.23. The number of hydrogen-bond acceptors (Lipinski definition) is 2. The second kappa shape index (κ2) is 8.10. The van der Waals surface area contributed by atoms with Crippen LogP contribution in [0.3, 0.4) is 0 Å². The molecule has 17 heavy (non-hydrogen) atoms. The fourth-order valence-corrected chi connectivity index (χ4v) is 3.12. The molecule has 0 amide bonds. The lowest BCUT2D eigenvalue weighted by atomic mass is 9.94. The maximum Gasteiger partial charge on any atom is 0.0247 e. The first-order valence-corrected chi connectivity index (χ1v) is 7.68. The third-order valence-corrected chi connectivity index (χ3v) is 4.24. The van der Waals surface area contributed by atoms with E-state index in [1.807, 2.05) is 0 Å². The van der Waals surface area contributed by atoms with Gasteiger partial charge in [0.05, 0.1) is 0 Å². The molecular formula is C15H32N2. The van der Waals surface area contributed by atoms with Crippen molar-refractivity contribution in [3.63, 3.8) is 0 Å². The Balaban J connectivity index is 2.33. The molecule has 3 atom stereocenters. The van der Waals surface area contributed by atoms with Crippen LogP contribution in [0.15, 0.2) is 0 Å². The normalized spacial score (nSPS) is 25.8. The van der Waals surface area contributed by atoms with Gasteiger partial charge in [0.2, 0.25) is 0 Å². The van der Waals surface area contributed by atoms with Crippen molar-refractivity contribution in [2.24, 2.45) is 5.73 Å². The van der Waals surface area contributed by atoms with Crippen LogP contribution in [0, 0.1) is 0 Å². The molecule has 1 saturated heterocycles. The van der Waals surface area contributed by atoms with Gasteiger partial charge in [0, 0.05) is 18.1 Å². The lowest BCUT2D eigenvalue weighted by molar-refractivity contribution is 0.0835. The van der Waals surface area contributed by atoms with E-state index in [0.29, 0.717) is 12.1 Å². The second-order valence-corrected chi connectivity index (χ2v) is 5.86. The van der Waals surface area contributed by atoms with E-state index < -0.39 is 0 Å². The molecule has 1 aliphatic rings. The van der Waals surface area contributed by atoms with Crippen molar-refractivity contribution in [1.82, 2.24) is 4.90 Å². The number of hydrogen-bond donors (Lipinski definition) is 1. The van der Waals surface area contributed by atoms with Crippen LogP contribution in [0.25, 0.3) is 0 Å². The Kier molecular flexibility index (Phi) is 7.14. The average molecular weight is 240 g/mol. The Labute approximate surface area is 108 Å². The maximum absolute atomic E-state index is 6.13. The maximum atomic E-state index is 6.13. The summed E-state index contributed by atoms with van der Waals surface area (Å²) in [7, 11) is 0. The summed E-state index contributed by atoms with van der Waals surface area (Å²) in [5, 5.41) is 0. The summed E-state index contributed by atoms with van der Waals surface area (Å²) in [4.78, 5) is 2.68. The van der Waals surface area contributed by atoms with Gasteiger partial charge in [0.25, 0.3) is 0 Å². The van der Waals surface area contributed by atoms with Gasteiger partial charge in [-0.05, 0) is 39.7 Å². The summed E-state index contributed by atoms with van der Waals surface area (Å²) in [6.45, 7) is 8.11. The molecule has 2 heteroatoms. The van der Waals surface area contributed by atoms with E-state index in [0.717, 1.165) is 6.04 Å². The first-order chi connectivity index (χ1) is 8.16. The zero-order chi connectivity index (χ0) is 12.7.